The molecule has 1 heterocycles. The van der Waals surface area contributed by atoms with Gasteiger partial charge in [0.15, 0.2) is 17.6 Å². The van der Waals surface area contributed by atoms with Gasteiger partial charge in [0, 0.05) is 12.5 Å². The smallest absolute Gasteiger partial charge is 0.338 e. The van der Waals surface area contributed by atoms with Crippen LogP contribution in [0.3, 0.4) is 0 Å². The van der Waals surface area contributed by atoms with Crippen LogP contribution in [0.15, 0.2) is 23.7 Å². The van der Waals surface area contributed by atoms with E-state index in [0.29, 0.717) is 11.3 Å². The van der Waals surface area contributed by atoms with Crippen LogP contribution in [0.25, 0.3) is 10.2 Å². The van der Waals surface area contributed by atoms with Crippen LogP contribution in [0, 0.1) is 0 Å². The zero-order chi connectivity index (χ0) is 14.5. The number of aromatic nitrogens is 1. The number of benzene rings is 1. The topological polar surface area (TPSA) is 56.5 Å². The van der Waals surface area contributed by atoms with Crippen LogP contribution in [0.1, 0.15) is 16.8 Å². The number of aryl methyl sites for hydroxylation is 1. The molecule has 0 amide bonds. The molecule has 0 aliphatic heterocycles. The van der Waals surface area contributed by atoms with Gasteiger partial charge >= 0.3 is 5.97 Å². The van der Waals surface area contributed by atoms with E-state index in [-0.39, 0.29) is 5.97 Å². The van der Waals surface area contributed by atoms with Crippen molar-refractivity contribution in [1.82, 2.24) is 0 Å². The first-order chi connectivity index (χ1) is 9.65. The van der Waals surface area contributed by atoms with E-state index in [1.54, 1.807) is 17.4 Å². The molecule has 0 aliphatic rings. The van der Waals surface area contributed by atoms with Crippen LogP contribution < -0.4 is 4.57 Å². The zero-order valence-corrected chi connectivity index (χ0v) is 13.0. The third-order valence-electron chi connectivity index (χ3n) is 2.89. The van der Waals surface area contributed by atoms with Crippen molar-refractivity contribution in [2.75, 3.05) is 20.0 Å². The molecule has 1 unspecified atom stereocenters. The standard InChI is InChI=1S/C13H16NO4S2/c1-17-13(15)10-4-5-12-11(8-10)14(9-19-12)6-3-7-20(16)18-2/h4-5,8-9H,3,6-7H2,1-2H3/q+1. The van der Waals surface area contributed by atoms with Crippen LogP contribution in [0.5, 0.6) is 0 Å². The Kier molecular flexibility index (Phi) is 5.22. The van der Waals surface area contributed by atoms with E-state index in [0.717, 1.165) is 23.2 Å². The molecule has 0 fully saturated rings. The van der Waals surface area contributed by atoms with Gasteiger partial charge in [0.2, 0.25) is 11.0 Å². The normalized spacial score (nSPS) is 12.5. The van der Waals surface area contributed by atoms with E-state index < -0.39 is 11.1 Å². The fourth-order valence-electron chi connectivity index (χ4n) is 1.87. The second kappa shape index (κ2) is 6.92. The van der Waals surface area contributed by atoms with Gasteiger partial charge in [0.05, 0.1) is 25.5 Å². The lowest BCUT2D eigenvalue weighted by Crippen LogP contribution is -2.32. The average molecular weight is 314 g/mol. The average Bonchev–Trinajstić information content (AvgIpc) is 2.88. The van der Waals surface area contributed by atoms with Crippen molar-refractivity contribution in [2.24, 2.45) is 0 Å². The van der Waals surface area contributed by atoms with Crippen molar-refractivity contribution in [2.45, 2.75) is 13.0 Å². The summed E-state index contributed by atoms with van der Waals surface area (Å²) in [6.07, 6.45) is 0.749. The zero-order valence-electron chi connectivity index (χ0n) is 11.3. The summed E-state index contributed by atoms with van der Waals surface area (Å²) in [5.41, 5.74) is 3.52. The van der Waals surface area contributed by atoms with E-state index in [1.165, 1.54) is 14.2 Å². The number of ether oxygens (including phenoxy) is 1. The summed E-state index contributed by atoms with van der Waals surface area (Å²) in [6, 6.07) is 5.50. The number of hydrogen-bond acceptors (Lipinski definition) is 5. The van der Waals surface area contributed by atoms with E-state index in [2.05, 4.69) is 4.57 Å². The predicted octanol–water partition coefficient (Wildman–Crippen LogP) is 1.68. The number of esters is 1. The highest BCUT2D eigenvalue weighted by molar-refractivity contribution is 7.80. The van der Waals surface area contributed by atoms with E-state index in [9.17, 15) is 9.00 Å². The van der Waals surface area contributed by atoms with E-state index in [1.807, 2.05) is 17.6 Å². The predicted molar refractivity (Wildman–Crippen MR) is 78.0 cm³/mol. The van der Waals surface area contributed by atoms with Crippen LogP contribution in [-0.2, 0) is 26.5 Å². The van der Waals surface area contributed by atoms with Crippen LogP contribution in [-0.4, -0.2) is 30.2 Å². The minimum atomic E-state index is -1.22. The molecular formula is C13H16NO4S2+. The van der Waals surface area contributed by atoms with Crippen molar-refractivity contribution in [3.8, 4) is 0 Å². The van der Waals surface area contributed by atoms with Crippen LogP contribution in [0.4, 0.5) is 0 Å². The summed E-state index contributed by atoms with van der Waals surface area (Å²) in [4.78, 5) is 11.5. The van der Waals surface area contributed by atoms with Crippen molar-refractivity contribution in [3.05, 3.63) is 29.3 Å². The fourth-order valence-corrected chi connectivity index (χ4v) is 3.31. The Morgan fingerprint density at radius 3 is 2.90 bits per heavy atom. The Labute approximate surface area is 123 Å². The molecular weight excluding hydrogens is 298 g/mol. The van der Waals surface area contributed by atoms with Gasteiger partial charge in [-0.1, -0.05) is 11.3 Å². The molecule has 0 saturated heterocycles. The molecule has 1 aromatic heterocycles. The lowest BCUT2D eigenvalue weighted by Gasteiger charge is -1.99. The van der Waals surface area contributed by atoms with Gasteiger partial charge < -0.3 is 4.74 Å². The van der Waals surface area contributed by atoms with E-state index in [4.69, 9.17) is 8.92 Å². The molecule has 108 valence electrons. The van der Waals surface area contributed by atoms with Gasteiger partial charge in [-0.15, -0.1) is 0 Å². The summed E-state index contributed by atoms with van der Waals surface area (Å²) in [5, 5.41) is 0. The quantitative estimate of drug-likeness (QED) is 0.601. The first-order valence-electron chi connectivity index (χ1n) is 6.07. The lowest BCUT2D eigenvalue weighted by atomic mass is 10.2. The largest absolute Gasteiger partial charge is 0.465 e. The molecule has 2 aromatic rings. The van der Waals surface area contributed by atoms with Gasteiger partial charge in [-0.3, -0.25) is 4.18 Å². The molecule has 0 aliphatic carbocycles. The maximum atomic E-state index is 11.5. The summed E-state index contributed by atoms with van der Waals surface area (Å²) < 4.78 is 23.8. The van der Waals surface area contributed by atoms with E-state index >= 15 is 0 Å². The third kappa shape index (κ3) is 3.41. The summed E-state index contributed by atoms with van der Waals surface area (Å²) in [7, 11) is 2.81. The van der Waals surface area contributed by atoms with Crippen LogP contribution >= 0.6 is 11.3 Å². The van der Waals surface area contributed by atoms with Gasteiger partial charge in [-0.2, -0.15) is 4.57 Å². The molecule has 0 spiro atoms. The highest BCUT2D eigenvalue weighted by Crippen LogP contribution is 2.18. The lowest BCUT2D eigenvalue weighted by molar-refractivity contribution is -0.667. The summed E-state index contributed by atoms with van der Waals surface area (Å²) in [6.45, 7) is 0.736. The summed E-state index contributed by atoms with van der Waals surface area (Å²) >= 11 is 0.391. The number of fused-ring (bicyclic) bond motifs is 1. The SMILES string of the molecule is COC(=O)c1ccc2sc[n+](CCCS(=O)OC)c2c1. The molecule has 0 radical (unpaired) electrons. The second-order valence-electron chi connectivity index (χ2n) is 4.12. The molecule has 20 heavy (non-hydrogen) atoms. The van der Waals surface area contributed by atoms with Crippen molar-refractivity contribution >= 4 is 38.6 Å². The first kappa shape index (κ1) is 15.1. The van der Waals surface area contributed by atoms with Crippen molar-refractivity contribution in [1.29, 1.82) is 0 Å². The van der Waals surface area contributed by atoms with Gasteiger partial charge in [-0.25, -0.2) is 9.00 Å². The Hall–Kier alpha value is -1.31. The number of methoxy groups -OCH3 is 1. The van der Waals surface area contributed by atoms with Crippen molar-refractivity contribution < 1.29 is 22.5 Å². The molecule has 2 rings (SSSR count). The number of rotatable bonds is 6. The number of nitrogens with zero attached hydrogens (tertiary/aromatic N) is 1. The first-order valence-corrected chi connectivity index (χ1v) is 8.20. The Bertz CT molecular complexity index is 638. The molecule has 0 bridgehead atoms. The molecule has 5 nitrogen and oxygen atoms in total. The molecule has 0 saturated carbocycles. The fraction of sp³-hybridized carbons (Fsp3) is 0.385. The number of carbonyl (C=O) groups is 1. The maximum Gasteiger partial charge on any atom is 0.338 e. The molecule has 0 N–H and O–H groups in total. The number of hydrogen-bond donors (Lipinski definition) is 0. The third-order valence-corrected chi connectivity index (χ3v) is 4.85. The van der Waals surface area contributed by atoms with Gasteiger partial charge in [0.25, 0.3) is 0 Å². The minimum Gasteiger partial charge on any atom is -0.465 e. The van der Waals surface area contributed by atoms with Crippen molar-refractivity contribution in [3.63, 3.8) is 0 Å². The Morgan fingerprint density at radius 2 is 2.20 bits per heavy atom. The monoisotopic (exact) mass is 314 g/mol. The Morgan fingerprint density at radius 1 is 1.40 bits per heavy atom. The van der Waals surface area contributed by atoms with Gasteiger partial charge in [0.1, 0.15) is 4.70 Å². The van der Waals surface area contributed by atoms with Gasteiger partial charge in [-0.05, 0) is 12.1 Å². The highest BCUT2D eigenvalue weighted by atomic mass is 32.2. The summed E-state index contributed by atoms with van der Waals surface area (Å²) in [5.74, 6) is 0.155. The maximum absolute atomic E-state index is 11.5. The minimum absolute atomic E-state index is 0.342. The molecule has 1 aromatic carbocycles. The highest BCUT2D eigenvalue weighted by Gasteiger charge is 2.15. The number of carbonyl (C=O) groups excluding carboxylic acids is 1. The molecule has 7 heteroatoms. The second-order valence-corrected chi connectivity index (χ2v) is 6.35. The van der Waals surface area contributed by atoms with Crippen LogP contribution in [0.2, 0.25) is 0 Å². The Balaban J connectivity index is 2.17. The molecule has 1 atom stereocenters. The number of thiazole rings is 1.